The highest BCUT2D eigenvalue weighted by Crippen LogP contribution is 2.08. The van der Waals surface area contributed by atoms with Crippen molar-refractivity contribution in [1.29, 1.82) is 0 Å². The molecule has 0 amide bonds. The fourth-order valence-electron chi connectivity index (χ4n) is 0.655. The predicted octanol–water partition coefficient (Wildman–Crippen LogP) is -1.68. The first kappa shape index (κ1) is 10.9. The van der Waals surface area contributed by atoms with Crippen LogP contribution in [0.1, 0.15) is 6.42 Å². The first-order valence-electron chi connectivity index (χ1n) is 3.20. The maximum absolute atomic E-state index is 10.8. The third kappa shape index (κ3) is 1.93. The van der Waals surface area contributed by atoms with Crippen LogP contribution in [0.15, 0.2) is 0 Å². The van der Waals surface area contributed by atoms with Crippen molar-refractivity contribution < 1.29 is 24.5 Å². The molecular formula is C6H11NO5. The number of aliphatic hydroxyl groups is 1. The molecule has 0 spiro atoms. The maximum Gasteiger partial charge on any atom is 0.337 e. The highest BCUT2D eigenvalue weighted by Gasteiger charge is 2.42. The Kier molecular flexibility index (Phi) is 3.65. The van der Waals surface area contributed by atoms with E-state index in [-0.39, 0.29) is 6.42 Å². The zero-order valence-electron chi connectivity index (χ0n) is 6.61. The monoisotopic (exact) mass is 177 g/mol. The van der Waals surface area contributed by atoms with Crippen LogP contribution in [0, 0.1) is 0 Å². The molecule has 4 N–H and O–H groups in total. The van der Waals surface area contributed by atoms with Crippen LogP contribution in [0.5, 0.6) is 0 Å². The molecule has 0 radical (unpaired) electrons. The highest BCUT2D eigenvalue weighted by atomic mass is 16.5. The number of hydrogen-bond donors (Lipinski definition) is 3. The number of rotatable bonds is 4. The van der Waals surface area contributed by atoms with Crippen molar-refractivity contribution in [3.05, 3.63) is 0 Å². The zero-order valence-corrected chi connectivity index (χ0v) is 6.61. The number of esters is 1. The molecular weight excluding hydrogens is 166 g/mol. The molecule has 0 saturated heterocycles. The molecule has 0 fully saturated rings. The van der Waals surface area contributed by atoms with Gasteiger partial charge >= 0.3 is 11.9 Å². The first-order valence-corrected chi connectivity index (χ1v) is 3.20. The van der Waals surface area contributed by atoms with Crippen molar-refractivity contribution in [1.82, 2.24) is 0 Å². The van der Waals surface area contributed by atoms with Gasteiger partial charge < -0.3 is 20.7 Å². The van der Waals surface area contributed by atoms with Crippen molar-refractivity contribution in [2.75, 3.05) is 13.7 Å². The van der Waals surface area contributed by atoms with Crippen LogP contribution in [-0.4, -0.2) is 41.4 Å². The Balaban J connectivity index is 4.61. The van der Waals surface area contributed by atoms with Gasteiger partial charge in [0, 0.05) is 13.0 Å². The van der Waals surface area contributed by atoms with Gasteiger partial charge in [-0.3, -0.25) is 0 Å². The Morgan fingerprint density at radius 2 is 2.08 bits per heavy atom. The number of methoxy groups -OCH3 is 1. The summed E-state index contributed by atoms with van der Waals surface area (Å²) in [5.41, 5.74) is 3.04. The lowest BCUT2D eigenvalue weighted by Gasteiger charge is -2.19. The Morgan fingerprint density at radius 3 is 2.33 bits per heavy atom. The molecule has 0 saturated carbocycles. The summed E-state index contributed by atoms with van der Waals surface area (Å²) in [6, 6.07) is 0. The minimum atomic E-state index is -2.14. The molecule has 0 aromatic heterocycles. The van der Waals surface area contributed by atoms with E-state index in [9.17, 15) is 9.59 Å². The van der Waals surface area contributed by atoms with Gasteiger partial charge in [-0.1, -0.05) is 0 Å². The van der Waals surface area contributed by atoms with Gasteiger partial charge in [0.1, 0.15) is 0 Å². The molecule has 0 bridgehead atoms. The molecule has 0 aromatic carbocycles. The number of carbonyl (C=O) groups excluding carboxylic acids is 1. The first-order chi connectivity index (χ1) is 5.49. The van der Waals surface area contributed by atoms with E-state index >= 15 is 0 Å². The fourth-order valence-corrected chi connectivity index (χ4v) is 0.655. The number of nitrogens with two attached hydrogens (primary N) is 1. The minimum absolute atomic E-state index is 0.366. The summed E-state index contributed by atoms with van der Waals surface area (Å²) in [7, 11) is 1.03. The van der Waals surface area contributed by atoms with Crippen LogP contribution in [0.3, 0.4) is 0 Å². The van der Waals surface area contributed by atoms with Crippen molar-refractivity contribution in [2.24, 2.45) is 5.73 Å². The number of aliphatic hydroxyl groups excluding tert-OH is 1. The SMILES string of the molecule is COC(=O)C(N)(CCO)C(=O)O. The van der Waals surface area contributed by atoms with Crippen LogP contribution >= 0.6 is 0 Å². The standard InChI is InChI=1S/C6H11NO5/c1-12-5(11)6(7,2-3-8)4(9)10/h8H,2-3,7H2,1H3,(H,9,10). The summed E-state index contributed by atoms with van der Waals surface area (Å²) >= 11 is 0. The van der Waals surface area contributed by atoms with Gasteiger partial charge in [0.2, 0.25) is 5.54 Å². The van der Waals surface area contributed by atoms with Crippen molar-refractivity contribution in [3.8, 4) is 0 Å². The predicted molar refractivity (Wildman–Crippen MR) is 38.3 cm³/mol. The lowest BCUT2D eigenvalue weighted by atomic mass is 9.98. The number of carboxylic acid groups (broad SMARTS) is 1. The molecule has 0 aliphatic heterocycles. The number of hydrogen-bond acceptors (Lipinski definition) is 5. The van der Waals surface area contributed by atoms with E-state index in [1.54, 1.807) is 0 Å². The van der Waals surface area contributed by atoms with Crippen molar-refractivity contribution >= 4 is 11.9 Å². The molecule has 12 heavy (non-hydrogen) atoms. The normalized spacial score (nSPS) is 14.9. The molecule has 0 heterocycles. The smallest absolute Gasteiger partial charge is 0.337 e. The molecule has 6 heteroatoms. The van der Waals surface area contributed by atoms with Gasteiger partial charge in [0.05, 0.1) is 7.11 Å². The van der Waals surface area contributed by atoms with E-state index in [2.05, 4.69) is 4.74 Å². The average Bonchev–Trinajstić information content (AvgIpc) is 2.03. The maximum atomic E-state index is 10.8. The third-order valence-corrected chi connectivity index (χ3v) is 1.44. The molecule has 0 aromatic rings. The van der Waals surface area contributed by atoms with E-state index in [4.69, 9.17) is 15.9 Å². The Bertz CT molecular complexity index is 192. The van der Waals surface area contributed by atoms with Gasteiger partial charge in [-0.25, -0.2) is 9.59 Å². The zero-order chi connectivity index (χ0) is 9.78. The van der Waals surface area contributed by atoms with Crippen molar-refractivity contribution in [3.63, 3.8) is 0 Å². The topological polar surface area (TPSA) is 110 Å². The van der Waals surface area contributed by atoms with Crippen molar-refractivity contribution in [2.45, 2.75) is 12.0 Å². The van der Waals surface area contributed by atoms with Gasteiger partial charge in [0.15, 0.2) is 0 Å². The summed E-state index contributed by atoms with van der Waals surface area (Å²) < 4.78 is 4.17. The highest BCUT2D eigenvalue weighted by molar-refractivity contribution is 6.03. The number of carbonyl (C=O) groups is 2. The molecule has 6 nitrogen and oxygen atoms in total. The number of carboxylic acids is 1. The van der Waals surface area contributed by atoms with Crippen LogP contribution in [0.25, 0.3) is 0 Å². The summed E-state index contributed by atoms with van der Waals surface area (Å²) in [5, 5.41) is 17.0. The second-order valence-electron chi connectivity index (χ2n) is 2.24. The van der Waals surface area contributed by atoms with Crippen LogP contribution in [0.2, 0.25) is 0 Å². The van der Waals surface area contributed by atoms with E-state index < -0.39 is 24.1 Å². The second kappa shape index (κ2) is 4.03. The van der Waals surface area contributed by atoms with E-state index in [0.717, 1.165) is 7.11 Å². The van der Waals surface area contributed by atoms with Crippen LogP contribution in [0.4, 0.5) is 0 Å². The molecule has 70 valence electrons. The fraction of sp³-hybridized carbons (Fsp3) is 0.667. The van der Waals surface area contributed by atoms with E-state index in [1.807, 2.05) is 0 Å². The molecule has 0 aliphatic carbocycles. The van der Waals surface area contributed by atoms with Crippen LogP contribution < -0.4 is 5.73 Å². The average molecular weight is 177 g/mol. The lowest BCUT2D eigenvalue weighted by molar-refractivity contribution is -0.159. The lowest BCUT2D eigenvalue weighted by Crippen LogP contribution is -2.56. The third-order valence-electron chi connectivity index (χ3n) is 1.44. The van der Waals surface area contributed by atoms with E-state index in [1.165, 1.54) is 0 Å². The molecule has 0 rings (SSSR count). The summed E-state index contributed by atoms with van der Waals surface area (Å²) in [6.45, 7) is -0.488. The quantitative estimate of drug-likeness (QED) is 0.349. The van der Waals surface area contributed by atoms with Crippen LogP contribution in [-0.2, 0) is 14.3 Å². The largest absolute Gasteiger partial charge is 0.479 e. The molecule has 1 unspecified atom stereocenters. The van der Waals surface area contributed by atoms with Gasteiger partial charge in [-0.05, 0) is 0 Å². The molecule has 1 atom stereocenters. The molecule has 0 aliphatic rings. The minimum Gasteiger partial charge on any atom is -0.479 e. The van der Waals surface area contributed by atoms with Gasteiger partial charge in [-0.2, -0.15) is 0 Å². The van der Waals surface area contributed by atoms with Gasteiger partial charge in [-0.15, -0.1) is 0 Å². The number of aliphatic carboxylic acids is 1. The van der Waals surface area contributed by atoms with Gasteiger partial charge in [0.25, 0.3) is 0 Å². The Hall–Kier alpha value is -1.14. The Labute approximate surface area is 68.9 Å². The summed E-state index contributed by atoms with van der Waals surface area (Å²) in [4.78, 5) is 21.3. The summed E-state index contributed by atoms with van der Waals surface area (Å²) in [6.07, 6.45) is -0.366. The Morgan fingerprint density at radius 1 is 1.58 bits per heavy atom. The summed E-state index contributed by atoms with van der Waals surface area (Å²) in [5.74, 6) is -2.58. The number of ether oxygens (including phenoxy) is 1. The second-order valence-corrected chi connectivity index (χ2v) is 2.24. The van der Waals surface area contributed by atoms with E-state index in [0.29, 0.717) is 0 Å².